The lowest BCUT2D eigenvalue weighted by Crippen LogP contribution is -2.23. The topological polar surface area (TPSA) is 27.1 Å². The van der Waals surface area contributed by atoms with Gasteiger partial charge in [0.15, 0.2) is 0 Å². The highest BCUT2D eigenvalue weighted by atomic mass is 16.5. The first-order chi connectivity index (χ1) is 9.16. The molecule has 1 aromatic heterocycles. The average molecular weight is 256 g/mol. The molecule has 100 valence electrons. The zero-order chi connectivity index (χ0) is 13.4. The monoisotopic (exact) mass is 256 g/mol. The number of hydrogen-bond donors (Lipinski definition) is 0. The van der Waals surface area contributed by atoms with Gasteiger partial charge in [-0.15, -0.1) is 0 Å². The van der Waals surface area contributed by atoms with Crippen LogP contribution in [0, 0.1) is 0 Å². The summed E-state index contributed by atoms with van der Waals surface area (Å²) in [6, 6.07) is 10.4. The van der Waals surface area contributed by atoms with Gasteiger partial charge in [-0.3, -0.25) is 0 Å². The van der Waals surface area contributed by atoms with Crippen LogP contribution in [0.15, 0.2) is 30.3 Å². The molecule has 0 saturated carbocycles. The third-order valence-corrected chi connectivity index (χ3v) is 3.63. The van der Waals surface area contributed by atoms with Crippen molar-refractivity contribution in [3.05, 3.63) is 35.9 Å². The predicted octanol–water partition coefficient (Wildman–Crippen LogP) is 3.84. The zero-order valence-corrected chi connectivity index (χ0v) is 11.8. The molecule has 3 nitrogen and oxygen atoms in total. The van der Waals surface area contributed by atoms with Crippen LogP contribution in [-0.4, -0.2) is 15.9 Å². The van der Waals surface area contributed by atoms with Gasteiger partial charge < -0.3 is 4.74 Å². The van der Waals surface area contributed by atoms with Gasteiger partial charge in [0.05, 0.1) is 11.8 Å². The molecule has 1 aliphatic rings. The molecule has 2 aromatic rings. The summed E-state index contributed by atoms with van der Waals surface area (Å²) < 4.78 is 8.05. The molecular formula is C16H20N2O. The lowest BCUT2D eigenvalue weighted by molar-refractivity contribution is 0.147. The number of aromatic nitrogens is 2. The van der Waals surface area contributed by atoms with Crippen molar-refractivity contribution in [1.29, 1.82) is 0 Å². The molecule has 2 heterocycles. The first-order valence-corrected chi connectivity index (χ1v) is 6.99. The lowest BCUT2D eigenvalue weighted by atomic mass is 9.99. The molecule has 19 heavy (non-hydrogen) atoms. The van der Waals surface area contributed by atoms with E-state index < -0.39 is 0 Å². The summed E-state index contributed by atoms with van der Waals surface area (Å²) in [6.45, 7) is 7.48. The molecule has 0 fully saturated rings. The van der Waals surface area contributed by atoms with Crippen molar-refractivity contribution in [2.75, 3.05) is 0 Å². The minimum atomic E-state index is 0.283. The molecule has 0 spiro atoms. The van der Waals surface area contributed by atoms with Crippen LogP contribution in [-0.2, 0) is 6.54 Å². The first kappa shape index (κ1) is 12.3. The molecule has 0 unspecified atom stereocenters. The Labute approximate surface area is 114 Å². The Kier molecular flexibility index (Phi) is 3.05. The van der Waals surface area contributed by atoms with Gasteiger partial charge in [0.1, 0.15) is 0 Å². The van der Waals surface area contributed by atoms with Crippen LogP contribution >= 0.6 is 0 Å². The van der Waals surface area contributed by atoms with Gasteiger partial charge in [0.25, 0.3) is 0 Å². The predicted molar refractivity (Wildman–Crippen MR) is 76.5 cm³/mol. The van der Waals surface area contributed by atoms with Crippen molar-refractivity contribution in [3.63, 3.8) is 0 Å². The van der Waals surface area contributed by atoms with E-state index in [0.29, 0.717) is 5.92 Å². The van der Waals surface area contributed by atoms with Crippen molar-refractivity contribution in [2.45, 2.75) is 45.8 Å². The van der Waals surface area contributed by atoms with E-state index >= 15 is 0 Å². The summed E-state index contributed by atoms with van der Waals surface area (Å²) in [5.41, 5.74) is 3.47. The Hall–Kier alpha value is -1.77. The summed E-state index contributed by atoms with van der Waals surface area (Å²) in [6.07, 6.45) is 1.31. The van der Waals surface area contributed by atoms with E-state index in [1.54, 1.807) is 0 Å². The molecule has 0 bridgehead atoms. The number of benzene rings is 1. The van der Waals surface area contributed by atoms with Crippen LogP contribution in [0.4, 0.5) is 0 Å². The number of rotatable bonds is 2. The van der Waals surface area contributed by atoms with Crippen molar-refractivity contribution < 1.29 is 4.74 Å². The molecule has 0 saturated heterocycles. The number of aryl methyl sites for hydroxylation is 1. The first-order valence-electron chi connectivity index (χ1n) is 6.99. The Bertz CT molecular complexity index is 572. The van der Waals surface area contributed by atoms with Gasteiger partial charge in [-0.05, 0) is 12.8 Å². The zero-order valence-electron chi connectivity index (χ0n) is 11.8. The van der Waals surface area contributed by atoms with Gasteiger partial charge >= 0.3 is 0 Å². The fourth-order valence-corrected chi connectivity index (χ4v) is 2.62. The maximum Gasteiger partial charge on any atom is 0.216 e. The van der Waals surface area contributed by atoms with Crippen molar-refractivity contribution in [3.8, 4) is 17.1 Å². The minimum Gasteiger partial charge on any atom is -0.475 e. The van der Waals surface area contributed by atoms with Gasteiger partial charge in [-0.2, -0.15) is 5.10 Å². The molecule has 0 radical (unpaired) electrons. The summed E-state index contributed by atoms with van der Waals surface area (Å²) in [5.74, 6) is 1.37. The second-order valence-electron chi connectivity index (χ2n) is 5.53. The molecule has 1 atom stereocenters. The molecule has 3 rings (SSSR count). The minimum absolute atomic E-state index is 0.283. The molecule has 3 heteroatoms. The molecule has 0 N–H and O–H groups in total. The highest BCUT2D eigenvalue weighted by molar-refractivity contribution is 5.66. The fraction of sp³-hybridized carbons (Fsp3) is 0.438. The summed E-state index contributed by atoms with van der Waals surface area (Å²) >= 11 is 0. The third kappa shape index (κ3) is 2.14. The Morgan fingerprint density at radius 2 is 2.00 bits per heavy atom. The average Bonchev–Trinajstić information content (AvgIpc) is 2.78. The van der Waals surface area contributed by atoms with E-state index in [-0.39, 0.29) is 6.10 Å². The Morgan fingerprint density at radius 3 is 2.68 bits per heavy atom. The lowest BCUT2D eigenvalue weighted by Gasteiger charge is -2.23. The molecule has 0 aliphatic carbocycles. The Morgan fingerprint density at radius 1 is 1.26 bits per heavy atom. The van der Waals surface area contributed by atoms with Gasteiger partial charge in [0.2, 0.25) is 5.88 Å². The standard InChI is InChI=1S/C16H20N2O/c1-11(2)14-15(13-7-5-4-6-8-13)17-18-10-9-12(3)19-16(14)18/h4-8,11-12H,9-10H2,1-3H3/t12-/m1/s1. The van der Waals surface area contributed by atoms with E-state index in [9.17, 15) is 0 Å². The van der Waals surface area contributed by atoms with Gasteiger partial charge in [-0.1, -0.05) is 44.2 Å². The van der Waals surface area contributed by atoms with Crippen LogP contribution in [0.25, 0.3) is 11.3 Å². The third-order valence-electron chi connectivity index (χ3n) is 3.63. The molecular weight excluding hydrogens is 236 g/mol. The van der Waals surface area contributed by atoms with Crippen molar-refractivity contribution >= 4 is 0 Å². The highest BCUT2D eigenvalue weighted by Gasteiger charge is 2.26. The number of nitrogens with zero attached hydrogens (tertiary/aromatic N) is 2. The second kappa shape index (κ2) is 4.72. The Balaban J connectivity index is 2.15. The number of ether oxygens (including phenoxy) is 1. The van der Waals surface area contributed by atoms with Crippen LogP contribution in [0.5, 0.6) is 5.88 Å². The van der Waals surface area contributed by atoms with Crippen molar-refractivity contribution in [1.82, 2.24) is 9.78 Å². The van der Waals surface area contributed by atoms with E-state index in [1.165, 1.54) is 11.1 Å². The summed E-state index contributed by atoms with van der Waals surface area (Å²) in [7, 11) is 0. The maximum atomic E-state index is 6.03. The number of hydrogen-bond acceptors (Lipinski definition) is 2. The van der Waals surface area contributed by atoms with Crippen LogP contribution in [0.3, 0.4) is 0 Å². The van der Waals surface area contributed by atoms with E-state index in [4.69, 9.17) is 9.84 Å². The second-order valence-corrected chi connectivity index (χ2v) is 5.53. The van der Waals surface area contributed by atoms with Crippen LogP contribution in [0.2, 0.25) is 0 Å². The van der Waals surface area contributed by atoms with Crippen LogP contribution < -0.4 is 4.74 Å². The summed E-state index contributed by atoms with van der Waals surface area (Å²) in [4.78, 5) is 0. The molecule has 1 aliphatic heterocycles. The van der Waals surface area contributed by atoms with Crippen molar-refractivity contribution in [2.24, 2.45) is 0 Å². The fourth-order valence-electron chi connectivity index (χ4n) is 2.62. The normalized spacial score (nSPS) is 18.2. The molecule has 1 aromatic carbocycles. The molecule has 0 amide bonds. The highest BCUT2D eigenvalue weighted by Crippen LogP contribution is 2.38. The van der Waals surface area contributed by atoms with Crippen LogP contribution in [0.1, 0.15) is 38.7 Å². The largest absolute Gasteiger partial charge is 0.475 e. The van der Waals surface area contributed by atoms with E-state index in [0.717, 1.165) is 24.5 Å². The quantitative estimate of drug-likeness (QED) is 0.816. The van der Waals surface area contributed by atoms with Gasteiger partial charge in [0, 0.05) is 24.1 Å². The van der Waals surface area contributed by atoms with Gasteiger partial charge in [-0.25, -0.2) is 4.68 Å². The van der Waals surface area contributed by atoms with E-state index in [1.807, 2.05) is 10.7 Å². The summed E-state index contributed by atoms with van der Waals surface area (Å²) in [5, 5.41) is 4.77. The van der Waals surface area contributed by atoms with E-state index in [2.05, 4.69) is 45.0 Å². The number of fused-ring (bicyclic) bond motifs is 1. The smallest absolute Gasteiger partial charge is 0.216 e. The SMILES string of the molecule is CC(C)c1c(-c2ccccc2)nn2c1O[C@H](C)CC2. The maximum absolute atomic E-state index is 6.03.